The molecule has 0 radical (unpaired) electrons. The first-order valence-corrected chi connectivity index (χ1v) is 9.45. The number of carbonyl (C=O) groups excluding carboxylic acids is 1. The molecule has 1 aliphatic heterocycles. The summed E-state index contributed by atoms with van der Waals surface area (Å²) in [5, 5.41) is 2.78. The summed E-state index contributed by atoms with van der Waals surface area (Å²) in [5.41, 5.74) is 1.75. The van der Waals surface area contributed by atoms with E-state index in [4.69, 9.17) is 9.15 Å². The number of anilines is 1. The van der Waals surface area contributed by atoms with Crippen molar-refractivity contribution >= 4 is 34.0 Å². The van der Waals surface area contributed by atoms with E-state index >= 15 is 0 Å². The molecule has 1 amide bonds. The van der Waals surface area contributed by atoms with Crippen molar-refractivity contribution in [2.24, 2.45) is 0 Å². The maximum atomic E-state index is 12.4. The van der Waals surface area contributed by atoms with Crippen LogP contribution in [-0.4, -0.2) is 59.8 Å². The predicted molar refractivity (Wildman–Crippen MR) is 105 cm³/mol. The summed E-state index contributed by atoms with van der Waals surface area (Å²) in [7, 11) is 3.67. The fourth-order valence-electron chi connectivity index (χ4n) is 2.67. The Bertz CT molecular complexity index is 792. The largest absolute Gasteiger partial charge is 0.494 e. The average molecular weight is 378 g/mol. The third kappa shape index (κ3) is 4.31. The van der Waals surface area contributed by atoms with Gasteiger partial charge >= 0.3 is 0 Å². The van der Waals surface area contributed by atoms with Crippen molar-refractivity contribution < 1.29 is 13.9 Å². The minimum Gasteiger partial charge on any atom is -0.494 e. The lowest BCUT2D eigenvalue weighted by Crippen LogP contribution is -2.41. The van der Waals surface area contributed by atoms with Crippen LogP contribution in [0.3, 0.4) is 0 Å². The number of aromatic nitrogens is 1. The summed E-state index contributed by atoms with van der Waals surface area (Å²) in [6.45, 7) is 9.79. The molecule has 0 atom stereocenters. The quantitative estimate of drug-likeness (QED) is 0.819. The molecule has 26 heavy (non-hydrogen) atoms. The van der Waals surface area contributed by atoms with Crippen LogP contribution in [0.5, 0.6) is 5.75 Å². The van der Waals surface area contributed by atoms with Crippen LogP contribution in [0.2, 0.25) is 0 Å². The van der Waals surface area contributed by atoms with Crippen LogP contribution >= 0.6 is 11.9 Å². The topological polar surface area (TPSA) is 70.8 Å². The van der Waals surface area contributed by atoms with E-state index in [1.807, 2.05) is 20.8 Å². The minimum atomic E-state index is -0.188. The number of ether oxygens (including phenoxy) is 1. The SMILES string of the molecule is COc1cc2nc(C(C)(C)C)oc2cc1NC(=O)SN1CCN(C)CC1. The van der Waals surface area contributed by atoms with Gasteiger partial charge in [0.05, 0.1) is 12.8 Å². The Morgan fingerprint density at radius 2 is 1.96 bits per heavy atom. The van der Waals surface area contributed by atoms with Crippen molar-refractivity contribution in [3.05, 3.63) is 18.0 Å². The molecule has 8 heteroatoms. The van der Waals surface area contributed by atoms with Crippen LogP contribution in [0.1, 0.15) is 26.7 Å². The number of hydrogen-bond donors (Lipinski definition) is 1. The lowest BCUT2D eigenvalue weighted by molar-refractivity contribution is 0.232. The van der Waals surface area contributed by atoms with Crippen molar-refractivity contribution in [1.82, 2.24) is 14.2 Å². The van der Waals surface area contributed by atoms with E-state index < -0.39 is 0 Å². The van der Waals surface area contributed by atoms with Crippen molar-refractivity contribution in [1.29, 1.82) is 0 Å². The lowest BCUT2D eigenvalue weighted by atomic mass is 9.97. The van der Waals surface area contributed by atoms with E-state index in [1.54, 1.807) is 19.2 Å². The second-order valence-corrected chi connectivity index (χ2v) is 8.60. The monoisotopic (exact) mass is 378 g/mol. The number of rotatable bonds is 3. The third-order valence-corrected chi connectivity index (χ3v) is 5.15. The number of nitrogens with zero attached hydrogens (tertiary/aromatic N) is 3. The summed E-state index contributed by atoms with van der Waals surface area (Å²) >= 11 is 1.21. The highest BCUT2D eigenvalue weighted by molar-refractivity contribution is 8.11. The molecule has 1 fully saturated rings. The number of amides is 1. The van der Waals surface area contributed by atoms with Gasteiger partial charge in [0.15, 0.2) is 5.58 Å². The smallest absolute Gasteiger partial charge is 0.298 e. The summed E-state index contributed by atoms with van der Waals surface area (Å²) in [4.78, 5) is 19.2. The van der Waals surface area contributed by atoms with E-state index in [-0.39, 0.29) is 10.7 Å². The Labute approximate surface area is 158 Å². The van der Waals surface area contributed by atoms with Gasteiger partial charge in [-0.25, -0.2) is 9.29 Å². The Morgan fingerprint density at radius 3 is 2.58 bits per heavy atom. The molecule has 0 aliphatic carbocycles. The molecule has 7 nitrogen and oxygen atoms in total. The van der Waals surface area contributed by atoms with Crippen LogP contribution in [-0.2, 0) is 5.41 Å². The zero-order chi connectivity index (χ0) is 18.9. The highest BCUT2D eigenvalue weighted by Crippen LogP contribution is 2.34. The maximum Gasteiger partial charge on any atom is 0.298 e. The molecule has 0 unspecified atom stereocenters. The van der Waals surface area contributed by atoms with Gasteiger partial charge in [0.2, 0.25) is 5.89 Å². The molecule has 142 valence electrons. The Balaban J connectivity index is 1.76. The molecule has 0 spiro atoms. The molecular formula is C18H26N4O3S. The van der Waals surface area contributed by atoms with Crippen LogP contribution in [0.25, 0.3) is 11.1 Å². The molecule has 1 aliphatic rings. The molecule has 3 rings (SSSR count). The van der Waals surface area contributed by atoms with Crippen LogP contribution in [0.15, 0.2) is 16.5 Å². The standard InChI is InChI=1S/C18H26N4O3S/c1-18(2,3)16-19-13-10-14(24-5)12(11-15(13)25-16)20-17(23)26-22-8-6-21(4)7-9-22/h10-11H,6-9H2,1-5H3,(H,20,23). The van der Waals surface area contributed by atoms with Crippen molar-refractivity contribution in [3.63, 3.8) is 0 Å². The maximum absolute atomic E-state index is 12.4. The van der Waals surface area contributed by atoms with Crippen LogP contribution in [0.4, 0.5) is 10.5 Å². The van der Waals surface area contributed by atoms with E-state index in [1.165, 1.54) is 11.9 Å². The normalized spacial score (nSPS) is 16.8. The third-order valence-electron chi connectivity index (χ3n) is 4.26. The van der Waals surface area contributed by atoms with Crippen molar-refractivity contribution in [2.75, 3.05) is 45.7 Å². The summed E-state index contributed by atoms with van der Waals surface area (Å²) in [5.74, 6) is 1.23. The summed E-state index contributed by atoms with van der Waals surface area (Å²) in [6, 6.07) is 3.57. The van der Waals surface area contributed by atoms with E-state index in [2.05, 4.69) is 26.6 Å². The summed E-state index contributed by atoms with van der Waals surface area (Å²) in [6.07, 6.45) is 0. The van der Waals surface area contributed by atoms with Gasteiger partial charge in [0.25, 0.3) is 5.24 Å². The predicted octanol–water partition coefficient (Wildman–Crippen LogP) is 3.56. The van der Waals surface area contributed by atoms with Gasteiger partial charge in [0.1, 0.15) is 11.3 Å². The average Bonchev–Trinajstić information content (AvgIpc) is 2.99. The molecule has 2 aromatic rings. The first kappa shape index (κ1) is 19.0. The lowest BCUT2D eigenvalue weighted by Gasteiger charge is -2.30. The highest BCUT2D eigenvalue weighted by atomic mass is 32.2. The van der Waals surface area contributed by atoms with Gasteiger partial charge in [-0.15, -0.1) is 0 Å². The van der Waals surface area contributed by atoms with Crippen molar-refractivity contribution in [2.45, 2.75) is 26.2 Å². The molecule has 1 aromatic carbocycles. The second-order valence-electron chi connectivity index (χ2n) is 7.53. The first-order chi connectivity index (χ1) is 12.3. The molecule has 1 N–H and O–H groups in total. The van der Waals surface area contributed by atoms with E-state index in [9.17, 15) is 4.79 Å². The molecule has 2 heterocycles. The summed E-state index contributed by atoms with van der Waals surface area (Å²) < 4.78 is 13.4. The first-order valence-electron chi connectivity index (χ1n) is 8.68. The zero-order valence-corrected chi connectivity index (χ0v) is 16.8. The number of nitrogens with one attached hydrogen (secondary N) is 1. The molecule has 0 saturated carbocycles. The second kappa shape index (κ2) is 7.46. The van der Waals surface area contributed by atoms with Crippen LogP contribution < -0.4 is 10.1 Å². The number of likely N-dealkylation sites (N-methyl/N-ethyl adjacent to an activating group) is 1. The molecule has 1 aromatic heterocycles. The Hall–Kier alpha value is -1.77. The Morgan fingerprint density at radius 1 is 1.27 bits per heavy atom. The fraction of sp³-hybridized carbons (Fsp3) is 0.556. The van der Waals surface area contributed by atoms with Gasteiger partial charge in [-0.05, 0) is 7.05 Å². The van der Waals surface area contributed by atoms with E-state index in [0.29, 0.717) is 22.9 Å². The van der Waals surface area contributed by atoms with Gasteiger partial charge < -0.3 is 19.4 Å². The van der Waals surface area contributed by atoms with Gasteiger partial charge in [-0.3, -0.25) is 4.79 Å². The van der Waals surface area contributed by atoms with Crippen LogP contribution in [0, 0.1) is 0 Å². The van der Waals surface area contributed by atoms with Gasteiger partial charge in [0, 0.05) is 55.7 Å². The highest BCUT2D eigenvalue weighted by Gasteiger charge is 2.23. The number of fused-ring (bicyclic) bond motifs is 1. The number of oxazole rings is 1. The molecule has 0 bridgehead atoms. The number of hydrogen-bond acceptors (Lipinski definition) is 7. The molecular weight excluding hydrogens is 352 g/mol. The van der Waals surface area contributed by atoms with Gasteiger partial charge in [-0.2, -0.15) is 0 Å². The Kier molecular flexibility index (Phi) is 5.45. The minimum absolute atomic E-state index is 0.136. The van der Waals surface area contributed by atoms with Gasteiger partial charge in [-0.1, -0.05) is 20.8 Å². The number of carbonyl (C=O) groups is 1. The van der Waals surface area contributed by atoms with E-state index in [0.717, 1.165) is 31.7 Å². The number of piperazine rings is 1. The number of methoxy groups -OCH3 is 1. The molecule has 1 saturated heterocycles. The zero-order valence-electron chi connectivity index (χ0n) is 16.0. The van der Waals surface area contributed by atoms with Crippen molar-refractivity contribution in [3.8, 4) is 5.75 Å². The fourth-order valence-corrected chi connectivity index (χ4v) is 3.41. The number of benzene rings is 1.